The lowest BCUT2D eigenvalue weighted by Crippen LogP contribution is -1.94. The second-order valence-electron chi connectivity index (χ2n) is 6.67. The number of benzene rings is 3. The van der Waals surface area contributed by atoms with Gasteiger partial charge in [0.25, 0.3) is 0 Å². The highest BCUT2D eigenvalue weighted by Crippen LogP contribution is 2.27. The standard InChI is InChI=1S/C25H18F3N/c1-2-3-4-17-5-7-18(8-6-17)9-10-19-11-12-21(23(26)13-19)20-14-24(27)22(16-29)25(28)15-20/h5-8,11-15H,2-4H2,1H3. The van der Waals surface area contributed by atoms with E-state index in [1.165, 1.54) is 23.8 Å². The summed E-state index contributed by atoms with van der Waals surface area (Å²) in [6.45, 7) is 2.15. The van der Waals surface area contributed by atoms with Crippen LogP contribution in [0.3, 0.4) is 0 Å². The fourth-order valence-electron chi connectivity index (χ4n) is 2.94. The van der Waals surface area contributed by atoms with Gasteiger partial charge in [-0.15, -0.1) is 0 Å². The van der Waals surface area contributed by atoms with Crippen molar-refractivity contribution in [2.24, 2.45) is 0 Å². The quantitative estimate of drug-likeness (QED) is 0.475. The molecule has 0 bridgehead atoms. The summed E-state index contributed by atoms with van der Waals surface area (Å²) in [5.41, 5.74) is 1.92. The van der Waals surface area contributed by atoms with Crippen LogP contribution in [-0.2, 0) is 6.42 Å². The first-order valence-corrected chi connectivity index (χ1v) is 9.32. The first kappa shape index (κ1) is 20.2. The topological polar surface area (TPSA) is 23.8 Å². The van der Waals surface area contributed by atoms with Crippen LogP contribution < -0.4 is 0 Å². The Morgan fingerprint density at radius 2 is 1.41 bits per heavy atom. The van der Waals surface area contributed by atoms with Crippen LogP contribution in [0.1, 0.15) is 42.0 Å². The van der Waals surface area contributed by atoms with Crippen LogP contribution in [0, 0.1) is 40.6 Å². The van der Waals surface area contributed by atoms with Crippen LogP contribution in [0.5, 0.6) is 0 Å². The second-order valence-corrected chi connectivity index (χ2v) is 6.67. The van der Waals surface area contributed by atoms with Crippen molar-refractivity contribution < 1.29 is 13.2 Å². The summed E-state index contributed by atoms with van der Waals surface area (Å²) in [6.07, 6.45) is 3.32. The molecule has 0 amide bonds. The van der Waals surface area contributed by atoms with E-state index in [0.29, 0.717) is 5.56 Å². The highest BCUT2D eigenvalue weighted by Gasteiger charge is 2.14. The van der Waals surface area contributed by atoms with E-state index in [-0.39, 0.29) is 11.1 Å². The van der Waals surface area contributed by atoms with E-state index in [1.54, 1.807) is 6.07 Å². The molecule has 0 aliphatic rings. The highest BCUT2D eigenvalue weighted by molar-refractivity contribution is 5.66. The summed E-state index contributed by atoms with van der Waals surface area (Å²) < 4.78 is 42.1. The molecule has 4 heteroatoms. The van der Waals surface area contributed by atoms with Crippen molar-refractivity contribution in [2.75, 3.05) is 0 Å². The Kier molecular flexibility index (Phi) is 6.37. The van der Waals surface area contributed by atoms with Crippen LogP contribution in [0.4, 0.5) is 13.2 Å². The van der Waals surface area contributed by atoms with Crippen molar-refractivity contribution in [1.29, 1.82) is 5.26 Å². The van der Waals surface area contributed by atoms with E-state index in [2.05, 4.69) is 18.8 Å². The van der Waals surface area contributed by atoms with Crippen molar-refractivity contribution in [3.8, 4) is 29.0 Å². The summed E-state index contributed by atoms with van der Waals surface area (Å²) in [5, 5.41) is 8.74. The molecule has 3 aromatic carbocycles. The minimum Gasteiger partial charge on any atom is -0.206 e. The van der Waals surface area contributed by atoms with Gasteiger partial charge in [-0.25, -0.2) is 13.2 Å². The predicted molar refractivity (Wildman–Crippen MR) is 108 cm³/mol. The molecule has 0 aliphatic carbocycles. The fraction of sp³-hybridized carbons (Fsp3) is 0.160. The van der Waals surface area contributed by atoms with E-state index in [1.807, 2.05) is 24.3 Å². The lowest BCUT2D eigenvalue weighted by atomic mass is 10.0. The third-order valence-corrected chi connectivity index (χ3v) is 4.56. The van der Waals surface area contributed by atoms with Gasteiger partial charge in [0.2, 0.25) is 0 Å². The maximum atomic E-state index is 14.5. The van der Waals surface area contributed by atoms with Gasteiger partial charge < -0.3 is 0 Å². The van der Waals surface area contributed by atoms with E-state index in [4.69, 9.17) is 5.26 Å². The molecule has 0 spiro atoms. The largest absolute Gasteiger partial charge is 0.206 e. The summed E-state index contributed by atoms with van der Waals surface area (Å²) in [4.78, 5) is 0. The molecule has 0 radical (unpaired) electrons. The Bertz CT molecular complexity index is 1110. The molecular formula is C25H18F3N. The molecule has 0 saturated carbocycles. The van der Waals surface area contributed by atoms with Gasteiger partial charge in [-0.2, -0.15) is 5.26 Å². The second kappa shape index (κ2) is 9.13. The van der Waals surface area contributed by atoms with Gasteiger partial charge in [-0.05, 0) is 60.4 Å². The fourth-order valence-corrected chi connectivity index (χ4v) is 2.94. The molecule has 29 heavy (non-hydrogen) atoms. The van der Waals surface area contributed by atoms with Crippen LogP contribution in [0.2, 0.25) is 0 Å². The zero-order chi connectivity index (χ0) is 20.8. The third kappa shape index (κ3) is 4.86. The molecule has 3 aromatic rings. The van der Waals surface area contributed by atoms with Gasteiger partial charge in [0.15, 0.2) is 0 Å². The predicted octanol–water partition coefficient (Wildman–Crippen LogP) is 6.38. The first-order valence-electron chi connectivity index (χ1n) is 9.32. The van der Waals surface area contributed by atoms with E-state index in [0.717, 1.165) is 37.0 Å². The van der Waals surface area contributed by atoms with Crippen LogP contribution in [0.25, 0.3) is 11.1 Å². The Morgan fingerprint density at radius 3 is 2.00 bits per heavy atom. The van der Waals surface area contributed by atoms with Crippen molar-refractivity contribution in [3.63, 3.8) is 0 Å². The van der Waals surface area contributed by atoms with Crippen LogP contribution >= 0.6 is 0 Å². The Balaban J connectivity index is 1.82. The monoisotopic (exact) mass is 389 g/mol. The number of nitriles is 1. The highest BCUT2D eigenvalue weighted by atomic mass is 19.1. The molecular weight excluding hydrogens is 371 g/mol. The summed E-state index contributed by atoms with van der Waals surface area (Å²) in [6, 6.07) is 15.5. The molecule has 0 atom stereocenters. The molecule has 0 heterocycles. The molecule has 1 nitrogen and oxygen atoms in total. The van der Waals surface area contributed by atoms with Crippen LogP contribution in [0.15, 0.2) is 54.6 Å². The van der Waals surface area contributed by atoms with Crippen molar-refractivity contribution in [1.82, 2.24) is 0 Å². The number of rotatable bonds is 4. The number of unbranched alkanes of at least 4 members (excludes halogenated alkanes) is 1. The minimum atomic E-state index is -1.02. The molecule has 0 unspecified atom stereocenters. The summed E-state index contributed by atoms with van der Waals surface area (Å²) >= 11 is 0. The summed E-state index contributed by atoms with van der Waals surface area (Å²) in [5.74, 6) is 3.21. The first-order chi connectivity index (χ1) is 14.0. The van der Waals surface area contributed by atoms with Crippen molar-refractivity contribution in [2.45, 2.75) is 26.2 Å². The normalized spacial score (nSPS) is 10.2. The van der Waals surface area contributed by atoms with E-state index >= 15 is 0 Å². The zero-order valence-corrected chi connectivity index (χ0v) is 15.9. The lowest BCUT2D eigenvalue weighted by molar-refractivity contribution is 0.577. The number of halogens is 3. The number of nitrogens with zero attached hydrogens (tertiary/aromatic N) is 1. The van der Waals surface area contributed by atoms with Gasteiger partial charge in [0.05, 0.1) is 0 Å². The maximum Gasteiger partial charge on any atom is 0.144 e. The molecule has 0 aromatic heterocycles. The molecule has 0 fully saturated rings. The molecule has 0 saturated heterocycles. The van der Waals surface area contributed by atoms with Crippen LogP contribution in [-0.4, -0.2) is 0 Å². The number of aryl methyl sites for hydroxylation is 1. The van der Waals surface area contributed by atoms with Gasteiger partial charge >= 0.3 is 0 Å². The molecule has 0 aliphatic heterocycles. The average molecular weight is 389 g/mol. The Morgan fingerprint density at radius 1 is 0.793 bits per heavy atom. The third-order valence-electron chi connectivity index (χ3n) is 4.56. The maximum absolute atomic E-state index is 14.5. The van der Waals surface area contributed by atoms with E-state index in [9.17, 15) is 13.2 Å². The number of hydrogen-bond donors (Lipinski definition) is 0. The molecule has 0 N–H and O–H groups in total. The van der Waals surface area contributed by atoms with Gasteiger partial charge in [-0.1, -0.05) is 43.4 Å². The summed E-state index contributed by atoms with van der Waals surface area (Å²) in [7, 11) is 0. The van der Waals surface area contributed by atoms with Gasteiger partial charge in [0.1, 0.15) is 29.1 Å². The van der Waals surface area contributed by atoms with Gasteiger partial charge in [0, 0.05) is 16.7 Å². The minimum absolute atomic E-state index is 0.0266. The Labute approximate surface area is 168 Å². The zero-order valence-electron chi connectivity index (χ0n) is 15.9. The average Bonchev–Trinajstić information content (AvgIpc) is 2.71. The van der Waals surface area contributed by atoms with Gasteiger partial charge in [-0.3, -0.25) is 0 Å². The van der Waals surface area contributed by atoms with Crippen molar-refractivity contribution >= 4 is 0 Å². The molecule has 3 rings (SSSR count). The Hall–Kier alpha value is -3.50. The smallest absolute Gasteiger partial charge is 0.144 e. The lowest BCUT2D eigenvalue weighted by Gasteiger charge is -2.06. The molecule has 144 valence electrons. The number of hydrogen-bond acceptors (Lipinski definition) is 1. The SMILES string of the molecule is CCCCc1ccc(C#Cc2ccc(-c3cc(F)c(C#N)c(F)c3)c(F)c2)cc1. The van der Waals surface area contributed by atoms with E-state index < -0.39 is 23.0 Å². The van der Waals surface area contributed by atoms with Crippen molar-refractivity contribution in [3.05, 3.63) is 94.3 Å².